The van der Waals surface area contributed by atoms with Crippen molar-refractivity contribution >= 4 is 29.0 Å². The number of hydrogen-bond donors (Lipinski definition) is 3. The van der Waals surface area contributed by atoms with E-state index in [4.69, 9.17) is 5.73 Å². The van der Waals surface area contributed by atoms with E-state index in [0.717, 1.165) is 17.2 Å². The maximum absolute atomic E-state index is 11.7. The highest BCUT2D eigenvalue weighted by Gasteiger charge is 2.12. The van der Waals surface area contributed by atoms with Crippen molar-refractivity contribution < 1.29 is 4.79 Å². The van der Waals surface area contributed by atoms with Gasteiger partial charge in [0.1, 0.15) is 0 Å². The number of rotatable bonds is 6. The molecule has 1 amide bonds. The van der Waals surface area contributed by atoms with Crippen LogP contribution >= 0.6 is 11.8 Å². The summed E-state index contributed by atoms with van der Waals surface area (Å²) in [6.45, 7) is 4.23. The third kappa shape index (κ3) is 4.14. The summed E-state index contributed by atoms with van der Waals surface area (Å²) in [7, 11) is 1.62. The Morgan fingerprint density at radius 2 is 2.22 bits per heavy atom. The van der Waals surface area contributed by atoms with Crippen molar-refractivity contribution in [2.45, 2.75) is 19.9 Å². The third-order valence-corrected chi connectivity index (χ3v) is 3.63. The van der Waals surface area contributed by atoms with Gasteiger partial charge < -0.3 is 16.4 Å². The Kier molecular flexibility index (Phi) is 5.85. The molecule has 0 radical (unpaired) electrons. The van der Waals surface area contributed by atoms with Gasteiger partial charge in [-0.3, -0.25) is 4.79 Å². The predicted molar refractivity (Wildman–Crippen MR) is 80.3 cm³/mol. The lowest BCUT2D eigenvalue weighted by molar-refractivity contribution is 0.0964. The fraction of sp³-hybridized carbons (Fsp3) is 0.462. The Balaban J connectivity index is 2.85. The molecule has 0 aromatic heterocycles. The van der Waals surface area contributed by atoms with Gasteiger partial charge in [0.15, 0.2) is 0 Å². The van der Waals surface area contributed by atoms with Gasteiger partial charge >= 0.3 is 0 Å². The summed E-state index contributed by atoms with van der Waals surface area (Å²) in [5.41, 5.74) is 7.84. The van der Waals surface area contributed by atoms with Gasteiger partial charge in [-0.1, -0.05) is 6.92 Å². The molecule has 0 aliphatic carbocycles. The smallest absolute Gasteiger partial charge is 0.253 e. The predicted octanol–water partition coefficient (Wildman–Crippen LogP) is 2.18. The first-order valence-electron chi connectivity index (χ1n) is 6.04. The second kappa shape index (κ2) is 7.16. The molecule has 100 valence electrons. The summed E-state index contributed by atoms with van der Waals surface area (Å²) in [6, 6.07) is 5.58. The van der Waals surface area contributed by atoms with Gasteiger partial charge in [0.25, 0.3) is 5.91 Å². The maximum Gasteiger partial charge on any atom is 0.253 e. The van der Waals surface area contributed by atoms with Crippen LogP contribution in [0.1, 0.15) is 24.2 Å². The zero-order valence-corrected chi connectivity index (χ0v) is 11.9. The molecule has 0 spiro atoms. The molecule has 0 saturated carbocycles. The molecule has 0 aliphatic heterocycles. The van der Waals surface area contributed by atoms with Gasteiger partial charge in [0.2, 0.25) is 0 Å². The SMILES string of the molecule is CCSCC(C)Nc1cc(N)ccc1C(=O)NC. The first-order valence-corrected chi connectivity index (χ1v) is 7.19. The van der Waals surface area contributed by atoms with Crippen LogP contribution in [0.25, 0.3) is 0 Å². The van der Waals surface area contributed by atoms with Gasteiger partial charge in [0.05, 0.1) is 5.56 Å². The van der Waals surface area contributed by atoms with Crippen LogP contribution in [-0.4, -0.2) is 30.5 Å². The van der Waals surface area contributed by atoms with E-state index in [9.17, 15) is 4.79 Å². The van der Waals surface area contributed by atoms with E-state index in [1.54, 1.807) is 25.2 Å². The number of carbonyl (C=O) groups excluding carboxylic acids is 1. The normalized spacial score (nSPS) is 11.9. The molecule has 0 saturated heterocycles. The lowest BCUT2D eigenvalue weighted by atomic mass is 10.1. The van der Waals surface area contributed by atoms with Crippen molar-refractivity contribution in [2.24, 2.45) is 0 Å². The van der Waals surface area contributed by atoms with E-state index in [1.807, 2.05) is 11.8 Å². The molecular weight excluding hydrogens is 246 g/mol. The lowest BCUT2D eigenvalue weighted by Crippen LogP contribution is -2.23. The van der Waals surface area contributed by atoms with Crippen LogP contribution in [0.3, 0.4) is 0 Å². The highest BCUT2D eigenvalue weighted by atomic mass is 32.2. The zero-order valence-electron chi connectivity index (χ0n) is 11.1. The van der Waals surface area contributed by atoms with Crippen molar-refractivity contribution in [1.29, 1.82) is 0 Å². The van der Waals surface area contributed by atoms with E-state index in [0.29, 0.717) is 17.3 Å². The number of anilines is 2. The number of hydrogen-bond acceptors (Lipinski definition) is 4. The summed E-state index contributed by atoms with van der Waals surface area (Å²) >= 11 is 1.87. The van der Waals surface area contributed by atoms with Gasteiger partial charge in [0, 0.05) is 30.2 Å². The number of nitrogens with two attached hydrogens (primary N) is 1. The molecular formula is C13H21N3OS. The maximum atomic E-state index is 11.7. The van der Waals surface area contributed by atoms with Crippen LogP contribution in [0.4, 0.5) is 11.4 Å². The topological polar surface area (TPSA) is 67.1 Å². The van der Waals surface area contributed by atoms with E-state index in [-0.39, 0.29) is 5.91 Å². The van der Waals surface area contributed by atoms with Crippen LogP contribution in [0, 0.1) is 0 Å². The lowest BCUT2D eigenvalue weighted by Gasteiger charge is -2.17. The van der Waals surface area contributed by atoms with Crippen LogP contribution in [-0.2, 0) is 0 Å². The molecule has 4 N–H and O–H groups in total. The molecule has 1 atom stereocenters. The summed E-state index contributed by atoms with van der Waals surface area (Å²) in [5, 5.41) is 5.97. The molecule has 0 fully saturated rings. The average molecular weight is 267 g/mol. The van der Waals surface area contributed by atoms with Crippen LogP contribution in [0.2, 0.25) is 0 Å². The van der Waals surface area contributed by atoms with Crippen molar-refractivity contribution in [3.63, 3.8) is 0 Å². The minimum atomic E-state index is -0.104. The zero-order chi connectivity index (χ0) is 13.5. The van der Waals surface area contributed by atoms with E-state index < -0.39 is 0 Å². The second-order valence-corrected chi connectivity index (χ2v) is 5.41. The Bertz CT molecular complexity index is 409. The van der Waals surface area contributed by atoms with Gasteiger partial charge in [-0.25, -0.2) is 0 Å². The first-order chi connectivity index (χ1) is 8.58. The molecule has 1 aromatic carbocycles. The molecule has 0 heterocycles. The fourth-order valence-corrected chi connectivity index (χ4v) is 2.29. The Hall–Kier alpha value is -1.36. The number of carbonyl (C=O) groups is 1. The summed E-state index contributed by atoms with van der Waals surface area (Å²) in [6.07, 6.45) is 0. The van der Waals surface area contributed by atoms with Crippen molar-refractivity contribution in [3.8, 4) is 0 Å². The number of amides is 1. The summed E-state index contributed by atoms with van der Waals surface area (Å²) in [5.74, 6) is 1.98. The van der Waals surface area contributed by atoms with E-state index in [1.165, 1.54) is 0 Å². The first kappa shape index (κ1) is 14.7. The molecule has 5 heteroatoms. The van der Waals surface area contributed by atoms with Crippen LogP contribution < -0.4 is 16.4 Å². The Morgan fingerprint density at radius 1 is 1.50 bits per heavy atom. The van der Waals surface area contributed by atoms with Gasteiger partial charge in [-0.05, 0) is 30.9 Å². The molecule has 1 aromatic rings. The minimum absolute atomic E-state index is 0.104. The van der Waals surface area contributed by atoms with Crippen molar-refractivity contribution in [1.82, 2.24) is 5.32 Å². The average Bonchev–Trinajstić information content (AvgIpc) is 2.35. The molecule has 0 aliphatic rings. The van der Waals surface area contributed by atoms with Gasteiger partial charge in [-0.15, -0.1) is 0 Å². The second-order valence-electron chi connectivity index (χ2n) is 4.09. The molecule has 1 unspecified atom stereocenters. The molecule has 0 bridgehead atoms. The molecule has 1 rings (SSSR count). The monoisotopic (exact) mass is 267 g/mol. The van der Waals surface area contributed by atoms with Crippen LogP contribution in [0.15, 0.2) is 18.2 Å². The van der Waals surface area contributed by atoms with Gasteiger partial charge in [-0.2, -0.15) is 11.8 Å². The third-order valence-electron chi connectivity index (χ3n) is 2.49. The quantitative estimate of drug-likeness (QED) is 0.691. The van der Waals surface area contributed by atoms with E-state index in [2.05, 4.69) is 24.5 Å². The summed E-state index contributed by atoms with van der Waals surface area (Å²) < 4.78 is 0. The Labute approximate surface area is 113 Å². The van der Waals surface area contributed by atoms with Crippen molar-refractivity contribution in [3.05, 3.63) is 23.8 Å². The number of benzene rings is 1. The number of thioether (sulfide) groups is 1. The standard InChI is InChI=1S/C13H21N3OS/c1-4-18-8-9(2)16-12-7-10(14)5-6-11(12)13(17)15-3/h5-7,9,16H,4,8,14H2,1-3H3,(H,15,17). The molecule has 4 nitrogen and oxygen atoms in total. The summed E-state index contributed by atoms with van der Waals surface area (Å²) in [4.78, 5) is 11.7. The number of nitrogens with one attached hydrogen (secondary N) is 2. The Morgan fingerprint density at radius 3 is 2.83 bits per heavy atom. The fourth-order valence-electron chi connectivity index (χ4n) is 1.62. The van der Waals surface area contributed by atoms with Crippen LogP contribution in [0.5, 0.6) is 0 Å². The minimum Gasteiger partial charge on any atom is -0.399 e. The van der Waals surface area contributed by atoms with E-state index >= 15 is 0 Å². The highest BCUT2D eigenvalue weighted by molar-refractivity contribution is 7.99. The van der Waals surface area contributed by atoms with Crippen molar-refractivity contribution in [2.75, 3.05) is 29.6 Å². The highest BCUT2D eigenvalue weighted by Crippen LogP contribution is 2.21. The molecule has 18 heavy (non-hydrogen) atoms. The number of nitrogen functional groups attached to an aromatic ring is 1. The largest absolute Gasteiger partial charge is 0.399 e.